The molecule has 0 aliphatic heterocycles. The Kier molecular flexibility index (Phi) is 4.91. The van der Waals surface area contributed by atoms with Gasteiger partial charge < -0.3 is 4.74 Å². The van der Waals surface area contributed by atoms with Crippen LogP contribution in [0.15, 0.2) is 53.0 Å². The van der Waals surface area contributed by atoms with Gasteiger partial charge in [0.05, 0.1) is 10.0 Å². The third-order valence-corrected chi connectivity index (χ3v) is 3.39. The molecule has 0 heterocycles. The van der Waals surface area contributed by atoms with Crippen molar-refractivity contribution in [2.75, 3.05) is 6.61 Å². The van der Waals surface area contributed by atoms with Gasteiger partial charge in [-0.05, 0) is 39.7 Å². The Hall–Kier alpha value is -2.12. The van der Waals surface area contributed by atoms with Crippen molar-refractivity contribution in [1.82, 2.24) is 0 Å². The molecule has 2 aromatic rings. The normalized spacial score (nSPS) is 10.4. The number of hydrogen-bond donors (Lipinski definition) is 0. The van der Waals surface area contributed by atoms with Crippen LogP contribution in [0.5, 0.6) is 5.75 Å². The van der Waals surface area contributed by atoms with Gasteiger partial charge in [0.2, 0.25) is 0 Å². The molecule has 0 aliphatic carbocycles. The molecule has 0 aromatic heterocycles. The second kappa shape index (κ2) is 6.88. The van der Waals surface area contributed by atoms with Crippen molar-refractivity contribution in [2.24, 2.45) is 0 Å². The standard InChI is InChI=1S/C16H11BrFNO/c17-15-13(11-19)8-9-14(16(15)18)20-10-4-7-12-5-2-1-3-6-12/h1-9H,10H2/b7-4+. The number of benzene rings is 2. The highest BCUT2D eigenvalue weighted by atomic mass is 79.9. The Balaban J connectivity index is 2.00. The average Bonchev–Trinajstić information content (AvgIpc) is 2.49. The van der Waals surface area contributed by atoms with Crippen LogP contribution in [0.25, 0.3) is 6.08 Å². The van der Waals surface area contributed by atoms with Gasteiger partial charge in [0, 0.05) is 0 Å². The summed E-state index contributed by atoms with van der Waals surface area (Å²) in [6.07, 6.45) is 3.71. The van der Waals surface area contributed by atoms with Gasteiger partial charge in [-0.2, -0.15) is 5.26 Å². The van der Waals surface area contributed by atoms with E-state index in [0.29, 0.717) is 0 Å². The van der Waals surface area contributed by atoms with Crippen molar-refractivity contribution < 1.29 is 9.13 Å². The Morgan fingerprint density at radius 2 is 1.95 bits per heavy atom. The largest absolute Gasteiger partial charge is 0.486 e. The van der Waals surface area contributed by atoms with E-state index in [0.717, 1.165) is 5.56 Å². The molecule has 2 rings (SSSR count). The minimum atomic E-state index is -0.558. The van der Waals surface area contributed by atoms with E-state index in [9.17, 15) is 4.39 Å². The summed E-state index contributed by atoms with van der Waals surface area (Å²) < 4.78 is 19.3. The molecule has 0 saturated heterocycles. The first-order chi connectivity index (χ1) is 9.72. The SMILES string of the molecule is N#Cc1ccc(OC/C=C/c2ccccc2)c(F)c1Br. The monoisotopic (exact) mass is 331 g/mol. The second-order valence-electron chi connectivity index (χ2n) is 3.98. The summed E-state index contributed by atoms with van der Waals surface area (Å²) in [6, 6.07) is 14.6. The van der Waals surface area contributed by atoms with Gasteiger partial charge in [-0.3, -0.25) is 0 Å². The molecule has 0 saturated carbocycles. The maximum Gasteiger partial charge on any atom is 0.180 e. The summed E-state index contributed by atoms with van der Waals surface area (Å²) in [5, 5.41) is 8.78. The van der Waals surface area contributed by atoms with E-state index in [-0.39, 0.29) is 22.4 Å². The highest BCUT2D eigenvalue weighted by molar-refractivity contribution is 9.10. The van der Waals surface area contributed by atoms with E-state index in [1.807, 2.05) is 42.5 Å². The van der Waals surface area contributed by atoms with E-state index in [4.69, 9.17) is 10.00 Å². The lowest BCUT2D eigenvalue weighted by molar-refractivity contribution is 0.341. The third kappa shape index (κ3) is 3.46. The molecule has 0 unspecified atom stereocenters. The second-order valence-corrected chi connectivity index (χ2v) is 4.77. The molecule has 2 nitrogen and oxygen atoms in total. The summed E-state index contributed by atoms with van der Waals surface area (Å²) in [5.41, 5.74) is 1.30. The van der Waals surface area contributed by atoms with Gasteiger partial charge >= 0.3 is 0 Å². The van der Waals surface area contributed by atoms with E-state index in [1.54, 1.807) is 6.08 Å². The van der Waals surface area contributed by atoms with Gasteiger partial charge in [-0.1, -0.05) is 36.4 Å². The zero-order valence-electron chi connectivity index (χ0n) is 10.5. The first kappa shape index (κ1) is 14.3. The number of nitriles is 1. The summed E-state index contributed by atoms with van der Waals surface area (Å²) in [6.45, 7) is 0.254. The molecule has 0 atom stereocenters. The quantitative estimate of drug-likeness (QED) is 0.823. The molecule has 2 aromatic carbocycles. The van der Waals surface area contributed by atoms with Gasteiger partial charge in [0.1, 0.15) is 12.7 Å². The Bertz CT molecular complexity index is 662. The number of hydrogen-bond acceptors (Lipinski definition) is 2. The van der Waals surface area contributed by atoms with Crippen molar-refractivity contribution >= 4 is 22.0 Å². The van der Waals surface area contributed by atoms with E-state index in [2.05, 4.69) is 15.9 Å². The van der Waals surface area contributed by atoms with Crippen LogP contribution in [-0.2, 0) is 0 Å². The fourth-order valence-electron chi connectivity index (χ4n) is 1.62. The zero-order valence-corrected chi connectivity index (χ0v) is 12.1. The van der Waals surface area contributed by atoms with Gasteiger partial charge in [0.25, 0.3) is 0 Å². The molecule has 0 spiro atoms. The first-order valence-electron chi connectivity index (χ1n) is 5.95. The maximum atomic E-state index is 13.9. The molecule has 0 radical (unpaired) electrons. The van der Waals surface area contributed by atoms with Gasteiger partial charge in [0.15, 0.2) is 11.6 Å². The Labute approximate surface area is 125 Å². The molecule has 4 heteroatoms. The lowest BCUT2D eigenvalue weighted by Crippen LogP contribution is -1.97. The van der Waals surface area contributed by atoms with Crippen LogP contribution in [0.1, 0.15) is 11.1 Å². The van der Waals surface area contributed by atoms with Gasteiger partial charge in [-0.15, -0.1) is 0 Å². The van der Waals surface area contributed by atoms with Crippen LogP contribution in [0.4, 0.5) is 4.39 Å². The molecule has 0 N–H and O–H groups in total. The smallest absolute Gasteiger partial charge is 0.180 e. The van der Waals surface area contributed by atoms with Crippen LogP contribution in [-0.4, -0.2) is 6.61 Å². The number of ether oxygens (including phenoxy) is 1. The zero-order chi connectivity index (χ0) is 14.4. The summed E-state index contributed by atoms with van der Waals surface area (Å²) in [5.74, 6) is -0.439. The fourth-order valence-corrected chi connectivity index (χ4v) is 2.03. The van der Waals surface area contributed by atoms with Crippen molar-refractivity contribution in [1.29, 1.82) is 5.26 Å². The summed E-state index contributed by atoms with van der Waals surface area (Å²) in [7, 11) is 0. The van der Waals surface area contributed by atoms with Crippen molar-refractivity contribution in [3.63, 3.8) is 0 Å². The number of nitrogens with zero attached hydrogens (tertiary/aromatic N) is 1. The maximum absolute atomic E-state index is 13.9. The molecule has 20 heavy (non-hydrogen) atoms. The third-order valence-electron chi connectivity index (χ3n) is 2.61. The molecular weight excluding hydrogens is 321 g/mol. The Morgan fingerprint density at radius 1 is 1.20 bits per heavy atom. The summed E-state index contributed by atoms with van der Waals surface area (Å²) >= 11 is 3.04. The molecule has 100 valence electrons. The van der Waals surface area contributed by atoms with E-state index in [1.165, 1.54) is 12.1 Å². The van der Waals surface area contributed by atoms with Crippen LogP contribution in [0.2, 0.25) is 0 Å². The van der Waals surface area contributed by atoms with Crippen LogP contribution in [0.3, 0.4) is 0 Å². The molecule has 0 amide bonds. The fraction of sp³-hybridized carbons (Fsp3) is 0.0625. The van der Waals surface area contributed by atoms with Crippen LogP contribution in [0, 0.1) is 17.1 Å². The molecule has 0 bridgehead atoms. The lowest BCUT2D eigenvalue weighted by Gasteiger charge is -2.06. The van der Waals surface area contributed by atoms with E-state index < -0.39 is 5.82 Å². The van der Waals surface area contributed by atoms with E-state index >= 15 is 0 Å². The van der Waals surface area contributed by atoms with Crippen molar-refractivity contribution in [3.05, 3.63) is 70.0 Å². The van der Waals surface area contributed by atoms with Gasteiger partial charge in [-0.25, -0.2) is 4.39 Å². The minimum absolute atomic E-state index is 0.119. The van der Waals surface area contributed by atoms with Crippen molar-refractivity contribution in [2.45, 2.75) is 0 Å². The van der Waals surface area contributed by atoms with Crippen LogP contribution < -0.4 is 4.74 Å². The number of halogens is 2. The average molecular weight is 332 g/mol. The topological polar surface area (TPSA) is 33.0 Å². The summed E-state index contributed by atoms with van der Waals surface area (Å²) in [4.78, 5) is 0. The predicted molar refractivity (Wildman–Crippen MR) is 79.8 cm³/mol. The molecule has 0 aliphatic rings. The van der Waals surface area contributed by atoms with Crippen molar-refractivity contribution in [3.8, 4) is 11.8 Å². The highest BCUT2D eigenvalue weighted by Gasteiger charge is 2.11. The highest BCUT2D eigenvalue weighted by Crippen LogP contribution is 2.28. The first-order valence-corrected chi connectivity index (χ1v) is 6.74. The number of rotatable bonds is 4. The lowest BCUT2D eigenvalue weighted by atomic mass is 10.2. The Morgan fingerprint density at radius 3 is 2.65 bits per heavy atom. The molecular formula is C16H11BrFNO. The predicted octanol–water partition coefficient (Wildman–Crippen LogP) is 4.55. The van der Waals surface area contributed by atoms with Crippen LogP contribution >= 0.6 is 15.9 Å². The molecule has 0 fully saturated rings. The minimum Gasteiger partial charge on any atom is -0.486 e.